The summed E-state index contributed by atoms with van der Waals surface area (Å²) >= 11 is 0. The van der Waals surface area contributed by atoms with Gasteiger partial charge in [0.25, 0.3) is 0 Å². The first-order valence-electron chi connectivity index (χ1n) is 7.03. The minimum atomic E-state index is -3.27. The van der Waals surface area contributed by atoms with E-state index in [1.54, 1.807) is 0 Å². The molecule has 2 aliphatic heterocycles. The molecule has 0 amide bonds. The Labute approximate surface area is 131 Å². The third-order valence-corrected chi connectivity index (χ3v) is 5.22. The zero-order valence-electron chi connectivity index (χ0n) is 11.8. The Hall–Kier alpha value is -0.660. The molecule has 0 spiro atoms. The van der Waals surface area contributed by atoms with E-state index in [2.05, 4.69) is 22.2 Å². The van der Waals surface area contributed by atoms with Gasteiger partial charge in [0.05, 0.1) is 11.9 Å². The van der Waals surface area contributed by atoms with Gasteiger partial charge in [0.1, 0.15) is 0 Å². The van der Waals surface area contributed by atoms with Gasteiger partial charge in [-0.25, -0.2) is 13.1 Å². The Morgan fingerprint density at radius 3 is 2.86 bits per heavy atom. The Morgan fingerprint density at radius 1 is 1.29 bits per heavy atom. The fourth-order valence-corrected chi connectivity index (χ4v) is 3.99. The maximum atomic E-state index is 12.0. The summed E-state index contributed by atoms with van der Waals surface area (Å²) in [5.41, 5.74) is 3.57. The summed E-state index contributed by atoms with van der Waals surface area (Å²) < 4.78 is 32.0. The number of sulfonamides is 1. The van der Waals surface area contributed by atoms with Gasteiger partial charge in [0, 0.05) is 26.2 Å². The van der Waals surface area contributed by atoms with E-state index in [0.717, 1.165) is 31.5 Å². The summed E-state index contributed by atoms with van der Waals surface area (Å²) in [6.07, 6.45) is 1.65. The highest BCUT2D eigenvalue weighted by molar-refractivity contribution is 7.89. The van der Waals surface area contributed by atoms with E-state index in [1.807, 2.05) is 6.07 Å². The van der Waals surface area contributed by atoms with Crippen molar-refractivity contribution < 1.29 is 13.2 Å². The molecule has 5 nitrogen and oxygen atoms in total. The fraction of sp³-hybridized carbons (Fsp3) is 0.571. The van der Waals surface area contributed by atoms with Crippen molar-refractivity contribution >= 4 is 22.4 Å². The number of benzene rings is 1. The quantitative estimate of drug-likeness (QED) is 0.853. The number of hydrogen-bond donors (Lipinski definition) is 2. The van der Waals surface area contributed by atoms with Crippen LogP contribution in [0.1, 0.15) is 29.5 Å². The lowest BCUT2D eigenvalue weighted by molar-refractivity contribution is 0.127. The molecule has 21 heavy (non-hydrogen) atoms. The van der Waals surface area contributed by atoms with Gasteiger partial charge in [-0.1, -0.05) is 18.2 Å². The van der Waals surface area contributed by atoms with E-state index < -0.39 is 10.0 Å². The third-order valence-electron chi connectivity index (χ3n) is 3.83. The maximum absolute atomic E-state index is 12.0. The van der Waals surface area contributed by atoms with E-state index in [9.17, 15) is 8.42 Å². The number of ether oxygens (including phenoxy) is 1. The zero-order valence-corrected chi connectivity index (χ0v) is 13.4. The van der Waals surface area contributed by atoms with Crippen molar-refractivity contribution in [3.63, 3.8) is 0 Å². The monoisotopic (exact) mass is 332 g/mol. The first kappa shape index (κ1) is 16.7. The highest BCUT2D eigenvalue weighted by Gasteiger charge is 2.23. The Kier molecular flexibility index (Phi) is 5.62. The summed E-state index contributed by atoms with van der Waals surface area (Å²) in [5.74, 6) is 0.0689. The van der Waals surface area contributed by atoms with Crippen molar-refractivity contribution in [2.75, 3.05) is 12.4 Å². The molecule has 0 aliphatic carbocycles. The van der Waals surface area contributed by atoms with Crippen LogP contribution in [0, 0.1) is 0 Å². The molecule has 1 saturated heterocycles. The van der Waals surface area contributed by atoms with Crippen LogP contribution in [0.4, 0.5) is 0 Å². The summed E-state index contributed by atoms with van der Waals surface area (Å²) in [4.78, 5) is 0. The summed E-state index contributed by atoms with van der Waals surface area (Å²) in [5, 5.41) is 3.28. The first-order valence-corrected chi connectivity index (χ1v) is 8.68. The Morgan fingerprint density at radius 2 is 2.10 bits per heavy atom. The smallest absolute Gasteiger partial charge is 0.214 e. The molecule has 1 atom stereocenters. The van der Waals surface area contributed by atoms with Crippen molar-refractivity contribution in [3.05, 3.63) is 34.9 Å². The molecule has 1 unspecified atom stereocenters. The lowest BCUT2D eigenvalue weighted by Gasteiger charge is -2.11. The molecule has 2 aliphatic rings. The number of nitrogens with one attached hydrogen (secondary N) is 2. The lowest BCUT2D eigenvalue weighted by atomic mass is 10.1. The van der Waals surface area contributed by atoms with Crippen LogP contribution in [0.25, 0.3) is 0 Å². The second-order valence-corrected chi connectivity index (χ2v) is 7.30. The van der Waals surface area contributed by atoms with E-state index in [4.69, 9.17) is 4.74 Å². The van der Waals surface area contributed by atoms with Crippen LogP contribution >= 0.6 is 12.4 Å². The fourth-order valence-electron chi connectivity index (χ4n) is 2.73. The summed E-state index contributed by atoms with van der Waals surface area (Å²) in [6, 6.07) is 6.13. The predicted octanol–water partition coefficient (Wildman–Crippen LogP) is 1.31. The molecule has 7 heteroatoms. The van der Waals surface area contributed by atoms with E-state index in [1.165, 1.54) is 11.1 Å². The number of rotatable bonds is 5. The molecular formula is C14H21ClN2O3S. The molecule has 1 aromatic rings. The molecule has 2 heterocycles. The Bertz CT molecular complexity index is 586. The zero-order chi connectivity index (χ0) is 14.0. The van der Waals surface area contributed by atoms with Gasteiger partial charge in [0.15, 0.2) is 0 Å². The van der Waals surface area contributed by atoms with Crippen LogP contribution in [-0.2, 0) is 34.4 Å². The molecule has 0 bridgehead atoms. The molecule has 3 rings (SSSR count). The molecule has 1 fully saturated rings. The molecule has 2 N–H and O–H groups in total. The van der Waals surface area contributed by atoms with Crippen LogP contribution in [0.15, 0.2) is 18.2 Å². The largest absolute Gasteiger partial charge is 0.377 e. The van der Waals surface area contributed by atoms with Gasteiger partial charge >= 0.3 is 0 Å². The highest BCUT2D eigenvalue weighted by atomic mass is 35.5. The predicted molar refractivity (Wildman–Crippen MR) is 83.8 cm³/mol. The van der Waals surface area contributed by atoms with Gasteiger partial charge < -0.3 is 10.1 Å². The third kappa shape index (κ3) is 4.40. The van der Waals surface area contributed by atoms with Crippen molar-refractivity contribution in [2.45, 2.75) is 38.6 Å². The average molecular weight is 333 g/mol. The molecule has 0 aromatic heterocycles. The summed E-state index contributed by atoms with van der Waals surface area (Å²) in [7, 11) is -3.27. The minimum Gasteiger partial charge on any atom is -0.377 e. The number of hydrogen-bond acceptors (Lipinski definition) is 4. The van der Waals surface area contributed by atoms with Crippen LogP contribution in [-0.4, -0.2) is 26.9 Å². The van der Waals surface area contributed by atoms with Crippen LogP contribution in [0.2, 0.25) is 0 Å². The molecule has 118 valence electrons. The van der Waals surface area contributed by atoms with Crippen LogP contribution in [0.3, 0.4) is 0 Å². The summed E-state index contributed by atoms with van der Waals surface area (Å²) in [6.45, 7) is 2.80. The van der Waals surface area contributed by atoms with Crippen molar-refractivity contribution in [3.8, 4) is 0 Å². The Balaban J connectivity index is 0.00000161. The van der Waals surface area contributed by atoms with E-state index in [0.29, 0.717) is 13.2 Å². The standard InChI is InChI=1S/C14H20N2O3S.ClH/c17-20(18,10-14-2-1-5-19-14)16-7-11-3-4-12-8-15-9-13(12)6-11;/h3-4,6,14-16H,1-2,5,7-10H2;1H. The lowest BCUT2D eigenvalue weighted by Crippen LogP contribution is -2.31. The highest BCUT2D eigenvalue weighted by Crippen LogP contribution is 2.17. The first-order chi connectivity index (χ1) is 9.62. The van der Waals surface area contributed by atoms with Crippen molar-refractivity contribution in [1.29, 1.82) is 0 Å². The SMILES string of the molecule is Cl.O=S(=O)(CC1CCCO1)NCc1ccc2c(c1)CNC2. The number of halogens is 1. The average Bonchev–Trinajstić information content (AvgIpc) is 3.06. The van der Waals surface area contributed by atoms with Crippen LogP contribution < -0.4 is 10.0 Å². The maximum Gasteiger partial charge on any atom is 0.214 e. The molecule has 1 aromatic carbocycles. The minimum absolute atomic E-state index is 0. The van der Waals surface area contributed by atoms with Crippen molar-refractivity contribution in [1.82, 2.24) is 10.0 Å². The van der Waals surface area contributed by atoms with Gasteiger partial charge in [-0.05, 0) is 29.5 Å². The number of fused-ring (bicyclic) bond motifs is 1. The molecular weight excluding hydrogens is 312 g/mol. The second kappa shape index (κ2) is 7.07. The molecule has 0 radical (unpaired) electrons. The van der Waals surface area contributed by atoms with E-state index in [-0.39, 0.29) is 24.3 Å². The van der Waals surface area contributed by atoms with Gasteiger partial charge in [0.2, 0.25) is 10.0 Å². The second-order valence-electron chi connectivity index (χ2n) is 5.44. The molecule has 0 saturated carbocycles. The van der Waals surface area contributed by atoms with E-state index >= 15 is 0 Å². The van der Waals surface area contributed by atoms with Crippen LogP contribution in [0.5, 0.6) is 0 Å². The van der Waals surface area contributed by atoms with Gasteiger partial charge in [-0.2, -0.15) is 0 Å². The topological polar surface area (TPSA) is 67.4 Å². The van der Waals surface area contributed by atoms with Gasteiger partial charge in [-0.15, -0.1) is 12.4 Å². The van der Waals surface area contributed by atoms with Gasteiger partial charge in [-0.3, -0.25) is 0 Å². The normalized spacial score (nSPS) is 21.0. The van der Waals surface area contributed by atoms with Crippen molar-refractivity contribution in [2.24, 2.45) is 0 Å².